The van der Waals surface area contributed by atoms with Crippen LogP contribution < -0.4 is 19.6 Å². The van der Waals surface area contributed by atoms with Crippen LogP contribution in [-0.2, 0) is 17.8 Å². The van der Waals surface area contributed by atoms with Gasteiger partial charge in [0.2, 0.25) is 5.91 Å². The molecule has 3 heterocycles. The maximum absolute atomic E-state index is 13.6. The zero-order valence-corrected chi connectivity index (χ0v) is 24.5. The summed E-state index contributed by atoms with van der Waals surface area (Å²) >= 11 is 0. The minimum atomic E-state index is -0.522. The number of rotatable bonds is 10. The van der Waals surface area contributed by atoms with Crippen LogP contribution in [0.3, 0.4) is 0 Å². The molecule has 3 aromatic heterocycles. The first-order valence-corrected chi connectivity index (χ1v) is 13.5. The Bertz CT molecular complexity index is 1900. The van der Waals surface area contributed by atoms with Gasteiger partial charge in [0, 0.05) is 55.4 Å². The third-order valence-corrected chi connectivity index (χ3v) is 6.93. The maximum atomic E-state index is 13.6. The summed E-state index contributed by atoms with van der Waals surface area (Å²) in [5.74, 6) is 0.845. The van der Waals surface area contributed by atoms with Crippen LogP contribution in [0.1, 0.15) is 16.1 Å². The molecule has 2 aromatic carbocycles. The first-order chi connectivity index (χ1) is 21.2. The predicted molar refractivity (Wildman–Crippen MR) is 162 cm³/mol. The zero-order chi connectivity index (χ0) is 31.4. The molecular weight excluding hydrogens is 567 g/mol. The lowest BCUT2D eigenvalue weighted by atomic mass is 10.0. The largest absolute Gasteiger partial charge is 0.493 e. The van der Waals surface area contributed by atoms with Gasteiger partial charge in [-0.05, 0) is 42.0 Å². The zero-order valence-electron chi connectivity index (χ0n) is 24.5. The second-order valence-electron chi connectivity index (χ2n) is 10.1. The molecule has 0 aliphatic carbocycles. The van der Waals surface area contributed by atoms with Crippen LogP contribution in [0.15, 0.2) is 84.2 Å². The number of ketones is 1. The number of pyridine rings is 3. The average Bonchev–Trinajstić information content (AvgIpc) is 3.02. The summed E-state index contributed by atoms with van der Waals surface area (Å²) in [5.41, 5.74) is 1.04. The Morgan fingerprint density at radius 2 is 1.64 bits per heavy atom. The number of methoxy groups -OCH3 is 2. The fourth-order valence-corrected chi connectivity index (χ4v) is 4.55. The molecule has 1 amide bonds. The van der Waals surface area contributed by atoms with Gasteiger partial charge in [-0.2, -0.15) is 0 Å². The van der Waals surface area contributed by atoms with Gasteiger partial charge in [0.25, 0.3) is 0 Å². The SMILES string of the molecule is COc1cc2nccc(Oc3ccc(CC(=O)c4cn(CC(=O)N(C)C)cc(-c5ccc(F)cc5)c4=O)nc3)c2cc1OC. The lowest BCUT2D eigenvalue weighted by Crippen LogP contribution is -2.28. The number of benzene rings is 2. The van der Waals surface area contributed by atoms with Gasteiger partial charge in [-0.1, -0.05) is 12.1 Å². The maximum Gasteiger partial charge on any atom is 0.241 e. The number of halogens is 1. The third-order valence-electron chi connectivity index (χ3n) is 6.93. The Labute approximate surface area is 252 Å². The van der Waals surface area contributed by atoms with E-state index in [2.05, 4.69) is 9.97 Å². The topological polar surface area (TPSA) is 113 Å². The van der Waals surface area contributed by atoms with Crippen molar-refractivity contribution >= 4 is 22.6 Å². The summed E-state index contributed by atoms with van der Waals surface area (Å²) in [6.45, 7) is -0.0889. The number of carbonyl (C=O) groups excluding carboxylic acids is 2. The first-order valence-electron chi connectivity index (χ1n) is 13.5. The van der Waals surface area contributed by atoms with Gasteiger partial charge < -0.3 is 23.7 Å². The minimum Gasteiger partial charge on any atom is -0.493 e. The average molecular weight is 597 g/mol. The Hall–Kier alpha value is -5.58. The number of carbonyl (C=O) groups is 2. The van der Waals surface area contributed by atoms with E-state index in [4.69, 9.17) is 14.2 Å². The third kappa shape index (κ3) is 6.41. The summed E-state index contributed by atoms with van der Waals surface area (Å²) in [6.07, 6.45) is 5.79. The number of hydrogen-bond acceptors (Lipinski definition) is 8. The second kappa shape index (κ2) is 12.7. The molecule has 0 spiro atoms. The van der Waals surface area contributed by atoms with Gasteiger partial charge >= 0.3 is 0 Å². The van der Waals surface area contributed by atoms with Gasteiger partial charge in [-0.25, -0.2) is 4.39 Å². The number of hydrogen-bond donors (Lipinski definition) is 0. The fraction of sp³-hybridized carbons (Fsp3) is 0.182. The smallest absolute Gasteiger partial charge is 0.241 e. The summed E-state index contributed by atoms with van der Waals surface area (Å²) in [5, 5.41) is 0.703. The van der Waals surface area contributed by atoms with Crippen LogP contribution in [0.4, 0.5) is 4.39 Å². The standard InChI is InChI=1S/C33H29FN4O6/c1-37(2)32(40)19-38-17-25(20-5-7-21(34)8-6-20)33(41)26(18-38)28(39)13-22-9-10-23(16-36-22)44-29-11-12-35-27-15-31(43-4)30(42-3)14-24(27)29/h5-12,14-18H,13,19H2,1-4H3. The molecule has 0 aliphatic rings. The Morgan fingerprint density at radius 3 is 2.30 bits per heavy atom. The highest BCUT2D eigenvalue weighted by Gasteiger charge is 2.19. The monoisotopic (exact) mass is 596 g/mol. The molecule has 10 nitrogen and oxygen atoms in total. The molecule has 0 atom stereocenters. The highest BCUT2D eigenvalue weighted by Crippen LogP contribution is 2.36. The van der Waals surface area contributed by atoms with Crippen molar-refractivity contribution in [2.24, 2.45) is 0 Å². The molecule has 11 heteroatoms. The molecule has 0 radical (unpaired) electrons. The van der Waals surface area contributed by atoms with Gasteiger partial charge in [0.05, 0.1) is 37.9 Å². The van der Waals surface area contributed by atoms with E-state index in [-0.39, 0.29) is 30.0 Å². The number of fused-ring (bicyclic) bond motifs is 1. The van der Waals surface area contributed by atoms with E-state index in [1.165, 1.54) is 52.3 Å². The lowest BCUT2D eigenvalue weighted by Gasteiger charge is -2.15. The Kier molecular flexibility index (Phi) is 8.66. The molecule has 5 rings (SSSR count). The summed E-state index contributed by atoms with van der Waals surface area (Å²) in [4.78, 5) is 49.4. The number of nitrogens with zero attached hydrogens (tertiary/aromatic N) is 4. The molecule has 0 saturated heterocycles. The van der Waals surface area contributed by atoms with Crippen molar-refractivity contribution in [3.8, 4) is 34.1 Å². The van der Waals surface area contributed by atoms with E-state index in [0.717, 1.165) is 0 Å². The summed E-state index contributed by atoms with van der Waals surface area (Å²) in [6, 6.07) is 13.9. The van der Waals surface area contributed by atoms with E-state index >= 15 is 0 Å². The lowest BCUT2D eigenvalue weighted by molar-refractivity contribution is -0.129. The molecule has 44 heavy (non-hydrogen) atoms. The molecule has 0 saturated carbocycles. The summed E-state index contributed by atoms with van der Waals surface area (Å²) < 4.78 is 31.9. The Morgan fingerprint density at radius 1 is 0.909 bits per heavy atom. The van der Waals surface area contributed by atoms with Gasteiger partial charge in [0.15, 0.2) is 22.7 Å². The predicted octanol–water partition coefficient (Wildman–Crippen LogP) is 4.92. The molecule has 224 valence electrons. The van der Waals surface area contributed by atoms with Crippen molar-refractivity contribution in [2.75, 3.05) is 28.3 Å². The number of aromatic nitrogens is 3. The number of ether oxygens (including phenoxy) is 3. The molecule has 0 aliphatic heterocycles. The van der Waals surface area contributed by atoms with Crippen molar-refractivity contribution in [1.29, 1.82) is 0 Å². The molecular formula is C33H29FN4O6. The number of amides is 1. The molecule has 0 unspecified atom stereocenters. The van der Waals surface area contributed by atoms with Crippen LogP contribution >= 0.6 is 0 Å². The number of Topliss-reactive ketones (excluding diaryl/α,β-unsaturated/α-hetero) is 1. The summed E-state index contributed by atoms with van der Waals surface area (Å²) in [7, 11) is 6.32. The van der Waals surface area contributed by atoms with Crippen molar-refractivity contribution in [2.45, 2.75) is 13.0 Å². The number of likely N-dealkylation sites (N-methyl/N-ethyl adjacent to an activating group) is 1. The minimum absolute atomic E-state index is 0.0889. The van der Waals surface area contributed by atoms with Gasteiger partial charge in [-0.15, -0.1) is 0 Å². The molecule has 0 bridgehead atoms. The quantitative estimate of drug-likeness (QED) is 0.209. The van der Waals surface area contributed by atoms with Crippen LogP contribution in [-0.4, -0.2) is 59.4 Å². The fourth-order valence-electron chi connectivity index (χ4n) is 4.55. The highest BCUT2D eigenvalue weighted by atomic mass is 19.1. The van der Waals surface area contributed by atoms with Crippen LogP contribution in [0.5, 0.6) is 23.0 Å². The first kappa shape index (κ1) is 29.9. The van der Waals surface area contributed by atoms with E-state index in [1.54, 1.807) is 64.8 Å². The van der Waals surface area contributed by atoms with Crippen LogP contribution in [0, 0.1) is 5.82 Å². The van der Waals surface area contributed by atoms with Crippen molar-refractivity contribution in [1.82, 2.24) is 19.4 Å². The normalized spacial score (nSPS) is 10.8. The van der Waals surface area contributed by atoms with E-state index in [1.807, 2.05) is 0 Å². The molecule has 0 N–H and O–H groups in total. The van der Waals surface area contributed by atoms with E-state index in [0.29, 0.717) is 45.2 Å². The van der Waals surface area contributed by atoms with Crippen LogP contribution in [0.2, 0.25) is 0 Å². The van der Waals surface area contributed by atoms with E-state index < -0.39 is 17.0 Å². The molecule has 5 aromatic rings. The Balaban J connectivity index is 1.40. The highest BCUT2D eigenvalue weighted by molar-refractivity contribution is 5.98. The van der Waals surface area contributed by atoms with Crippen molar-refractivity contribution in [3.63, 3.8) is 0 Å². The molecule has 0 fully saturated rings. The van der Waals surface area contributed by atoms with Crippen molar-refractivity contribution < 1.29 is 28.2 Å². The van der Waals surface area contributed by atoms with Gasteiger partial charge in [-0.3, -0.25) is 24.4 Å². The second-order valence-corrected chi connectivity index (χ2v) is 10.1. The van der Waals surface area contributed by atoms with Gasteiger partial charge in [0.1, 0.15) is 23.9 Å². The van der Waals surface area contributed by atoms with E-state index in [9.17, 15) is 18.8 Å². The van der Waals surface area contributed by atoms with Crippen LogP contribution in [0.25, 0.3) is 22.0 Å². The van der Waals surface area contributed by atoms with Crippen molar-refractivity contribution in [3.05, 3.63) is 107 Å².